The Bertz CT molecular complexity index is 1140. The molecule has 4 rings (SSSR count). The summed E-state index contributed by atoms with van der Waals surface area (Å²) in [6, 6.07) is 4.94. The summed E-state index contributed by atoms with van der Waals surface area (Å²) in [5.74, 6) is 0.453. The minimum atomic E-state index is -0.617. The van der Waals surface area contributed by atoms with Crippen molar-refractivity contribution in [2.24, 2.45) is 0 Å². The largest absolute Gasteiger partial charge is 0.497 e. The molecule has 0 saturated carbocycles. The molecule has 0 saturated heterocycles. The zero-order chi connectivity index (χ0) is 19.3. The zero-order valence-corrected chi connectivity index (χ0v) is 15.4. The first-order valence-electron chi connectivity index (χ1n) is 8.92. The molecular weight excluding hydrogens is 348 g/mol. The Kier molecular flexibility index (Phi) is 4.07. The molecule has 0 bridgehead atoms. The fraction of sp³-hybridized carbons (Fsp3) is 0.368. The number of benzene rings is 1. The second kappa shape index (κ2) is 6.31. The number of ether oxygens (including phenoxy) is 1. The number of nitrogens with one attached hydrogen (secondary N) is 3. The summed E-state index contributed by atoms with van der Waals surface area (Å²) in [5.41, 5.74) is 1.77. The molecule has 0 spiro atoms. The van der Waals surface area contributed by atoms with E-state index in [1.165, 1.54) is 4.57 Å². The third-order valence-electron chi connectivity index (χ3n) is 5.12. The van der Waals surface area contributed by atoms with Gasteiger partial charge in [0, 0.05) is 29.2 Å². The highest BCUT2D eigenvalue weighted by Crippen LogP contribution is 2.36. The molecule has 4 N–H and O–H groups in total. The molecular formula is C19H22N4O4. The van der Waals surface area contributed by atoms with Crippen LogP contribution in [-0.2, 0) is 6.42 Å². The Hall–Kier alpha value is -3.00. The van der Waals surface area contributed by atoms with Crippen LogP contribution in [0.2, 0.25) is 0 Å². The second-order valence-electron chi connectivity index (χ2n) is 7.03. The van der Waals surface area contributed by atoms with Crippen LogP contribution >= 0.6 is 0 Å². The molecule has 1 atom stereocenters. The number of hydrogen-bond donors (Lipinski definition) is 4. The minimum Gasteiger partial charge on any atom is -0.497 e. The van der Waals surface area contributed by atoms with Gasteiger partial charge in [0.2, 0.25) is 5.88 Å². The Morgan fingerprint density at radius 1 is 1.26 bits per heavy atom. The lowest BCUT2D eigenvalue weighted by atomic mass is 9.95. The summed E-state index contributed by atoms with van der Waals surface area (Å²) < 4.78 is 6.52. The molecule has 1 aliphatic rings. The molecule has 0 fully saturated rings. The van der Waals surface area contributed by atoms with Crippen LogP contribution in [0.5, 0.6) is 11.6 Å². The van der Waals surface area contributed by atoms with Gasteiger partial charge in [-0.3, -0.25) is 14.3 Å². The van der Waals surface area contributed by atoms with Gasteiger partial charge in [-0.1, -0.05) is 0 Å². The fourth-order valence-corrected chi connectivity index (χ4v) is 3.87. The van der Waals surface area contributed by atoms with Crippen molar-refractivity contribution in [1.82, 2.24) is 19.9 Å². The van der Waals surface area contributed by atoms with Crippen molar-refractivity contribution >= 4 is 10.9 Å². The first kappa shape index (κ1) is 17.4. The van der Waals surface area contributed by atoms with Crippen molar-refractivity contribution in [3.8, 4) is 11.6 Å². The number of aromatic hydroxyl groups is 1. The lowest BCUT2D eigenvalue weighted by Crippen LogP contribution is -2.39. The molecule has 3 heterocycles. The predicted molar refractivity (Wildman–Crippen MR) is 102 cm³/mol. The van der Waals surface area contributed by atoms with Gasteiger partial charge < -0.3 is 20.1 Å². The van der Waals surface area contributed by atoms with E-state index < -0.39 is 17.3 Å². The third kappa shape index (κ3) is 2.64. The third-order valence-corrected chi connectivity index (χ3v) is 5.12. The number of fused-ring (bicyclic) bond motifs is 3. The van der Waals surface area contributed by atoms with Crippen molar-refractivity contribution in [1.29, 1.82) is 0 Å². The molecule has 0 amide bonds. The Morgan fingerprint density at radius 3 is 2.74 bits per heavy atom. The summed E-state index contributed by atoms with van der Waals surface area (Å²) in [4.78, 5) is 30.3. The quantitative estimate of drug-likeness (QED) is 0.559. The van der Waals surface area contributed by atoms with E-state index in [-0.39, 0.29) is 17.5 Å². The van der Waals surface area contributed by atoms with Gasteiger partial charge in [0.15, 0.2) is 0 Å². The van der Waals surface area contributed by atoms with Crippen LogP contribution < -0.4 is 21.3 Å². The molecule has 0 aliphatic carbocycles. The standard InChI is InChI=1S/C19H22N4O4/c1-9(2)23-18(25)14(17(24)22-19(23)26)16-15-11(6-7-20-16)12-8-10(27-3)4-5-13(12)21-15/h4-5,8-9,16,20-21,25H,6-7H2,1-3H3,(H,22,24,26). The van der Waals surface area contributed by atoms with Crippen molar-refractivity contribution in [2.75, 3.05) is 13.7 Å². The average molecular weight is 370 g/mol. The van der Waals surface area contributed by atoms with Gasteiger partial charge in [0.05, 0.1) is 13.2 Å². The van der Waals surface area contributed by atoms with Crippen molar-refractivity contribution in [2.45, 2.75) is 32.4 Å². The van der Waals surface area contributed by atoms with Crippen LogP contribution in [0.15, 0.2) is 27.8 Å². The van der Waals surface area contributed by atoms with Crippen LogP contribution in [-0.4, -0.2) is 33.3 Å². The van der Waals surface area contributed by atoms with E-state index in [0.29, 0.717) is 6.54 Å². The molecule has 1 unspecified atom stereocenters. The van der Waals surface area contributed by atoms with Gasteiger partial charge in [0.1, 0.15) is 11.3 Å². The predicted octanol–water partition coefficient (Wildman–Crippen LogP) is 1.55. The van der Waals surface area contributed by atoms with Gasteiger partial charge in [-0.05, 0) is 44.0 Å². The summed E-state index contributed by atoms with van der Waals surface area (Å²) in [5, 5.41) is 15.0. The van der Waals surface area contributed by atoms with E-state index in [0.717, 1.165) is 34.3 Å². The number of H-pyrrole nitrogens is 2. The number of aromatic nitrogens is 3. The maximum absolute atomic E-state index is 12.6. The molecule has 27 heavy (non-hydrogen) atoms. The molecule has 1 aliphatic heterocycles. The number of hydrogen-bond acceptors (Lipinski definition) is 5. The number of aromatic amines is 2. The maximum atomic E-state index is 12.6. The van der Waals surface area contributed by atoms with E-state index >= 15 is 0 Å². The highest BCUT2D eigenvalue weighted by Gasteiger charge is 2.31. The Morgan fingerprint density at radius 2 is 2.04 bits per heavy atom. The maximum Gasteiger partial charge on any atom is 0.331 e. The normalized spacial score (nSPS) is 16.7. The fourth-order valence-electron chi connectivity index (χ4n) is 3.87. The molecule has 8 nitrogen and oxygen atoms in total. The molecule has 142 valence electrons. The van der Waals surface area contributed by atoms with Crippen molar-refractivity contribution < 1.29 is 9.84 Å². The van der Waals surface area contributed by atoms with E-state index in [9.17, 15) is 14.7 Å². The first-order valence-corrected chi connectivity index (χ1v) is 8.92. The summed E-state index contributed by atoms with van der Waals surface area (Å²) in [6.45, 7) is 4.19. The van der Waals surface area contributed by atoms with E-state index in [1.807, 2.05) is 18.2 Å². The molecule has 8 heteroatoms. The minimum absolute atomic E-state index is 0.141. The van der Waals surface area contributed by atoms with Crippen LogP contribution in [0.1, 0.15) is 42.8 Å². The van der Waals surface area contributed by atoms with Gasteiger partial charge >= 0.3 is 5.69 Å². The lowest BCUT2D eigenvalue weighted by molar-refractivity contribution is 0.366. The Balaban J connectivity index is 1.95. The topological polar surface area (TPSA) is 112 Å². The van der Waals surface area contributed by atoms with Gasteiger partial charge in [-0.25, -0.2) is 4.79 Å². The lowest BCUT2D eigenvalue weighted by Gasteiger charge is -2.26. The van der Waals surface area contributed by atoms with Crippen LogP contribution in [0.4, 0.5) is 0 Å². The summed E-state index contributed by atoms with van der Waals surface area (Å²) >= 11 is 0. The SMILES string of the molecule is COc1ccc2[nH]c3c(c2c1)CCNC3c1c(O)n(C(C)C)c(=O)[nH]c1=O. The van der Waals surface area contributed by atoms with Crippen molar-refractivity contribution in [3.63, 3.8) is 0 Å². The monoisotopic (exact) mass is 370 g/mol. The van der Waals surface area contributed by atoms with Gasteiger partial charge in [-0.15, -0.1) is 0 Å². The van der Waals surface area contributed by atoms with E-state index in [1.54, 1.807) is 21.0 Å². The zero-order valence-electron chi connectivity index (χ0n) is 15.4. The highest BCUT2D eigenvalue weighted by molar-refractivity contribution is 5.86. The smallest absolute Gasteiger partial charge is 0.331 e. The van der Waals surface area contributed by atoms with E-state index in [4.69, 9.17) is 4.74 Å². The molecule has 0 radical (unpaired) electrons. The number of methoxy groups -OCH3 is 1. The van der Waals surface area contributed by atoms with Crippen molar-refractivity contribution in [3.05, 3.63) is 55.9 Å². The molecule has 2 aromatic heterocycles. The first-order chi connectivity index (χ1) is 12.9. The molecule has 3 aromatic rings. The highest BCUT2D eigenvalue weighted by atomic mass is 16.5. The van der Waals surface area contributed by atoms with Crippen LogP contribution in [0.3, 0.4) is 0 Å². The van der Waals surface area contributed by atoms with Crippen LogP contribution in [0.25, 0.3) is 10.9 Å². The number of nitrogens with zero attached hydrogens (tertiary/aromatic N) is 1. The molecule has 1 aromatic carbocycles. The summed E-state index contributed by atoms with van der Waals surface area (Å²) in [6.07, 6.45) is 0.779. The van der Waals surface area contributed by atoms with Gasteiger partial charge in [-0.2, -0.15) is 0 Å². The number of rotatable bonds is 3. The second-order valence-corrected chi connectivity index (χ2v) is 7.03. The van der Waals surface area contributed by atoms with E-state index in [2.05, 4.69) is 15.3 Å². The summed E-state index contributed by atoms with van der Waals surface area (Å²) in [7, 11) is 1.62. The average Bonchev–Trinajstić information content (AvgIpc) is 2.99. The van der Waals surface area contributed by atoms with Crippen LogP contribution in [0, 0.1) is 0 Å². The van der Waals surface area contributed by atoms with Gasteiger partial charge in [0.25, 0.3) is 5.56 Å². The Labute approximate surface area is 154 Å².